The number of hydrogen-bond donors (Lipinski definition) is 0. The highest BCUT2D eigenvalue weighted by atomic mass is 32.2. The van der Waals surface area contributed by atoms with Gasteiger partial charge in [-0.15, -0.1) is 0 Å². The first kappa shape index (κ1) is 17.5. The quantitative estimate of drug-likeness (QED) is 0.823. The van der Waals surface area contributed by atoms with Gasteiger partial charge in [0.1, 0.15) is 0 Å². The zero-order chi connectivity index (χ0) is 17.5. The summed E-state index contributed by atoms with van der Waals surface area (Å²) < 4.78 is 24.2. The highest BCUT2D eigenvalue weighted by molar-refractivity contribution is 8.16. The van der Waals surface area contributed by atoms with E-state index in [1.54, 1.807) is 6.92 Å². The zero-order valence-electron chi connectivity index (χ0n) is 14.1. The Morgan fingerprint density at radius 1 is 1.33 bits per heavy atom. The Balaban J connectivity index is 2.09. The van der Waals surface area contributed by atoms with Gasteiger partial charge in [0, 0.05) is 17.4 Å². The van der Waals surface area contributed by atoms with E-state index in [9.17, 15) is 13.2 Å². The second-order valence-corrected chi connectivity index (χ2v) is 9.89. The Morgan fingerprint density at radius 2 is 2.04 bits per heavy atom. The van der Waals surface area contributed by atoms with Crippen LogP contribution in [0.4, 0.5) is 5.69 Å². The van der Waals surface area contributed by atoms with Gasteiger partial charge in [0.25, 0.3) is 0 Å². The number of benzene rings is 1. The number of sulfone groups is 1. The van der Waals surface area contributed by atoms with Gasteiger partial charge in [0.15, 0.2) is 15.0 Å². The second kappa shape index (κ2) is 6.52. The molecule has 1 aromatic carbocycles. The number of carbonyl (C=O) groups excluding carboxylic acids is 1. The molecule has 3 rings (SSSR count). The number of carbonyl (C=O) groups is 1. The number of thioether (sulfide) groups is 1. The molecule has 0 N–H and O–H groups in total. The molecule has 2 aliphatic heterocycles. The summed E-state index contributed by atoms with van der Waals surface area (Å²) in [5, 5.41) is 0.582. The molecular formula is C17H22N2O3S2. The maximum Gasteiger partial charge on any atom is 0.247 e. The Hall–Kier alpha value is -1.34. The molecule has 0 aromatic heterocycles. The molecule has 2 heterocycles. The summed E-state index contributed by atoms with van der Waals surface area (Å²) in [4.78, 5) is 18.1. The van der Waals surface area contributed by atoms with Gasteiger partial charge in [-0.2, -0.15) is 4.99 Å². The molecule has 0 unspecified atom stereocenters. The molecule has 130 valence electrons. The molecule has 24 heavy (non-hydrogen) atoms. The standard InChI is InChI=1S/C17H22N2O3S2/c1-4-16(20)18-17-19(13-8-6-5-7-12(13)11(2)3)14-9-24(21,22)10-15(14)23-17/h5-8,11,14-15H,4,9-10H2,1-3H3/t14-,15-/m0/s1. The van der Waals surface area contributed by atoms with Crippen molar-refractivity contribution >= 4 is 38.4 Å². The lowest BCUT2D eigenvalue weighted by Gasteiger charge is -2.28. The van der Waals surface area contributed by atoms with Crippen molar-refractivity contribution in [2.75, 3.05) is 16.4 Å². The Kier molecular flexibility index (Phi) is 4.75. The molecule has 7 heteroatoms. The third-order valence-electron chi connectivity index (χ3n) is 4.41. The fourth-order valence-electron chi connectivity index (χ4n) is 3.23. The van der Waals surface area contributed by atoms with Crippen LogP contribution in [0.25, 0.3) is 0 Å². The van der Waals surface area contributed by atoms with Gasteiger partial charge in [-0.05, 0) is 17.5 Å². The predicted octanol–water partition coefficient (Wildman–Crippen LogP) is 2.82. The van der Waals surface area contributed by atoms with Crippen LogP contribution in [0.15, 0.2) is 29.3 Å². The minimum atomic E-state index is -3.04. The smallest absolute Gasteiger partial charge is 0.247 e. The van der Waals surface area contributed by atoms with Crippen LogP contribution in [0, 0.1) is 0 Å². The van der Waals surface area contributed by atoms with Crippen LogP contribution >= 0.6 is 11.8 Å². The summed E-state index contributed by atoms with van der Waals surface area (Å²) in [7, 11) is -3.04. The molecule has 0 spiro atoms. The Bertz CT molecular complexity index is 787. The highest BCUT2D eigenvalue weighted by Crippen LogP contribution is 2.43. The van der Waals surface area contributed by atoms with E-state index in [0.29, 0.717) is 17.5 Å². The van der Waals surface area contributed by atoms with Crippen LogP contribution in [-0.2, 0) is 14.6 Å². The summed E-state index contributed by atoms with van der Waals surface area (Å²) >= 11 is 1.43. The molecule has 0 saturated carbocycles. The van der Waals surface area contributed by atoms with Crippen molar-refractivity contribution in [3.05, 3.63) is 29.8 Å². The Labute approximate surface area is 147 Å². The lowest BCUT2D eigenvalue weighted by atomic mass is 9.99. The highest BCUT2D eigenvalue weighted by Gasteiger charge is 2.49. The number of amidine groups is 1. The van der Waals surface area contributed by atoms with E-state index in [1.807, 2.05) is 23.1 Å². The van der Waals surface area contributed by atoms with Gasteiger partial charge in [-0.25, -0.2) is 8.42 Å². The van der Waals surface area contributed by atoms with E-state index in [2.05, 4.69) is 24.9 Å². The molecular weight excluding hydrogens is 344 g/mol. The lowest BCUT2D eigenvalue weighted by molar-refractivity contribution is -0.117. The van der Waals surface area contributed by atoms with E-state index in [0.717, 1.165) is 11.3 Å². The SMILES string of the molecule is CCC(=O)N=C1S[C@H]2CS(=O)(=O)C[C@@H]2N1c1ccccc1C(C)C. The maximum atomic E-state index is 12.1. The van der Waals surface area contributed by atoms with Crippen LogP contribution < -0.4 is 4.90 Å². The van der Waals surface area contributed by atoms with Crippen molar-refractivity contribution in [3.63, 3.8) is 0 Å². The van der Waals surface area contributed by atoms with E-state index in [-0.39, 0.29) is 28.7 Å². The van der Waals surface area contributed by atoms with Crippen LogP contribution in [0.3, 0.4) is 0 Å². The van der Waals surface area contributed by atoms with Crippen LogP contribution in [0.5, 0.6) is 0 Å². The molecule has 1 amide bonds. The van der Waals surface area contributed by atoms with Crippen molar-refractivity contribution in [2.45, 2.75) is 44.4 Å². The lowest BCUT2D eigenvalue weighted by Crippen LogP contribution is -2.38. The molecule has 2 fully saturated rings. The normalized spacial score (nSPS) is 27.0. The third-order valence-corrected chi connectivity index (χ3v) is 7.62. The van der Waals surface area contributed by atoms with Crippen LogP contribution in [-0.4, -0.2) is 42.3 Å². The summed E-state index contributed by atoms with van der Waals surface area (Å²) in [6.07, 6.45) is 0.345. The number of anilines is 1. The van der Waals surface area contributed by atoms with Crippen molar-refractivity contribution in [3.8, 4) is 0 Å². The number of fused-ring (bicyclic) bond motifs is 1. The number of para-hydroxylation sites is 1. The average Bonchev–Trinajstić information content (AvgIpc) is 2.97. The first-order valence-electron chi connectivity index (χ1n) is 8.19. The zero-order valence-corrected chi connectivity index (χ0v) is 15.7. The number of amides is 1. The van der Waals surface area contributed by atoms with Gasteiger partial charge < -0.3 is 4.90 Å². The first-order valence-corrected chi connectivity index (χ1v) is 10.9. The first-order chi connectivity index (χ1) is 11.3. The minimum absolute atomic E-state index is 0.0568. The molecule has 0 aliphatic carbocycles. The van der Waals surface area contributed by atoms with Crippen molar-refractivity contribution in [1.29, 1.82) is 0 Å². The summed E-state index contributed by atoms with van der Waals surface area (Å²) in [6.45, 7) is 6.00. The monoisotopic (exact) mass is 366 g/mol. The minimum Gasteiger partial charge on any atom is -0.315 e. The van der Waals surface area contributed by atoms with Crippen molar-refractivity contribution < 1.29 is 13.2 Å². The topological polar surface area (TPSA) is 66.8 Å². The predicted molar refractivity (Wildman–Crippen MR) is 99.6 cm³/mol. The van der Waals surface area contributed by atoms with Gasteiger partial charge in [0.2, 0.25) is 5.91 Å². The maximum absolute atomic E-state index is 12.1. The second-order valence-electron chi connectivity index (χ2n) is 6.53. The number of aliphatic imine (C=N–C) groups is 1. The fraction of sp³-hybridized carbons (Fsp3) is 0.529. The number of nitrogens with zero attached hydrogens (tertiary/aromatic N) is 2. The van der Waals surface area contributed by atoms with Gasteiger partial charge >= 0.3 is 0 Å². The van der Waals surface area contributed by atoms with Crippen LogP contribution in [0.2, 0.25) is 0 Å². The summed E-state index contributed by atoms with van der Waals surface area (Å²) in [5.41, 5.74) is 2.10. The molecule has 0 radical (unpaired) electrons. The van der Waals surface area contributed by atoms with Gasteiger partial charge in [0.05, 0.1) is 17.5 Å². The van der Waals surface area contributed by atoms with Gasteiger partial charge in [-0.1, -0.05) is 50.7 Å². The molecule has 2 atom stereocenters. The van der Waals surface area contributed by atoms with Crippen molar-refractivity contribution in [1.82, 2.24) is 0 Å². The average molecular weight is 367 g/mol. The van der Waals surface area contributed by atoms with E-state index < -0.39 is 9.84 Å². The largest absolute Gasteiger partial charge is 0.315 e. The van der Waals surface area contributed by atoms with E-state index >= 15 is 0 Å². The summed E-state index contributed by atoms with van der Waals surface area (Å²) in [6, 6.07) is 7.83. The Morgan fingerprint density at radius 3 is 2.71 bits per heavy atom. The molecule has 2 aliphatic rings. The summed E-state index contributed by atoms with van der Waals surface area (Å²) in [5.74, 6) is 0.400. The van der Waals surface area contributed by atoms with Gasteiger partial charge in [-0.3, -0.25) is 4.79 Å². The molecule has 1 aromatic rings. The third kappa shape index (κ3) is 3.24. The molecule has 5 nitrogen and oxygen atoms in total. The van der Waals surface area contributed by atoms with E-state index in [1.165, 1.54) is 11.8 Å². The number of hydrogen-bond acceptors (Lipinski definition) is 4. The van der Waals surface area contributed by atoms with Crippen LogP contribution in [0.1, 0.15) is 38.7 Å². The van der Waals surface area contributed by atoms with E-state index in [4.69, 9.17) is 0 Å². The van der Waals surface area contributed by atoms with Crippen molar-refractivity contribution in [2.24, 2.45) is 4.99 Å². The fourth-order valence-corrected chi connectivity index (χ4v) is 7.15. The molecule has 2 saturated heterocycles. The molecule has 0 bridgehead atoms. The number of rotatable bonds is 3.